The molecule has 0 heterocycles. The van der Waals surface area contributed by atoms with E-state index >= 15 is 0 Å². The van der Waals surface area contributed by atoms with Gasteiger partial charge in [-0.15, -0.1) is 0 Å². The van der Waals surface area contributed by atoms with Gasteiger partial charge in [0.2, 0.25) is 0 Å². The summed E-state index contributed by atoms with van der Waals surface area (Å²) in [6.45, 7) is 11.9. The third kappa shape index (κ3) is 3.71. The summed E-state index contributed by atoms with van der Waals surface area (Å²) in [4.78, 5) is 5.07. The molecule has 1 unspecified atom stereocenters. The van der Waals surface area contributed by atoms with Crippen LogP contribution in [0.1, 0.15) is 98.8 Å². The molecule has 0 aliphatic heterocycles. The number of hydrogen-bond acceptors (Lipinski definition) is 3. The fraction of sp³-hybridized carbons (Fsp3) is 0.926. The van der Waals surface area contributed by atoms with Gasteiger partial charge in [0.25, 0.3) is 0 Å². The smallest absolute Gasteiger partial charge is 0.0955 e. The van der Waals surface area contributed by atoms with E-state index in [0.29, 0.717) is 28.6 Å². The second-order valence-electron chi connectivity index (χ2n) is 12.4. The molecule has 0 aromatic heterocycles. The van der Waals surface area contributed by atoms with Gasteiger partial charge in [-0.05, 0) is 111 Å². The first-order valence-corrected chi connectivity index (χ1v) is 12.9. The fourth-order valence-corrected chi connectivity index (χ4v) is 8.71. The first kappa shape index (κ1) is 22.8. The highest BCUT2D eigenvalue weighted by molar-refractivity contribution is 5.25. The highest BCUT2D eigenvalue weighted by atomic mass is 17.1. The zero-order chi connectivity index (χ0) is 21.7. The molecule has 2 N–H and O–H groups in total. The lowest BCUT2D eigenvalue weighted by molar-refractivity contribution is -0.296. The van der Waals surface area contributed by atoms with Gasteiger partial charge >= 0.3 is 0 Å². The Morgan fingerprint density at radius 1 is 1.03 bits per heavy atom. The molecule has 4 aliphatic rings. The van der Waals surface area contributed by atoms with Gasteiger partial charge in [0.15, 0.2) is 0 Å². The Morgan fingerprint density at radius 3 is 2.50 bits per heavy atom. The summed E-state index contributed by atoms with van der Waals surface area (Å²) in [5.41, 5.74) is 2.27. The highest BCUT2D eigenvalue weighted by Gasteiger charge is 2.59. The van der Waals surface area contributed by atoms with Crippen molar-refractivity contribution >= 4 is 0 Å². The molecular formula is C27H46O3. The van der Waals surface area contributed by atoms with Crippen molar-refractivity contribution in [1.29, 1.82) is 0 Å². The summed E-state index contributed by atoms with van der Waals surface area (Å²) in [5, 5.41) is 19.9. The summed E-state index contributed by atoms with van der Waals surface area (Å²) in [6, 6.07) is 0. The summed E-state index contributed by atoms with van der Waals surface area (Å²) in [6.07, 6.45) is 14.0. The number of allylic oxidation sites excluding steroid dienone is 1. The van der Waals surface area contributed by atoms with E-state index < -0.39 is 0 Å². The van der Waals surface area contributed by atoms with E-state index in [9.17, 15) is 10.4 Å². The largest absolute Gasteiger partial charge is 0.393 e. The zero-order valence-electron chi connectivity index (χ0n) is 20.1. The predicted molar refractivity (Wildman–Crippen MR) is 122 cm³/mol. The molecule has 0 amide bonds. The number of fused-ring (bicyclic) bond motifs is 5. The lowest BCUT2D eigenvalue weighted by Gasteiger charge is -2.58. The van der Waals surface area contributed by atoms with Crippen LogP contribution in [0.5, 0.6) is 0 Å². The van der Waals surface area contributed by atoms with Crippen LogP contribution in [-0.4, -0.2) is 22.6 Å². The molecule has 3 heteroatoms. The van der Waals surface area contributed by atoms with Gasteiger partial charge in [0.1, 0.15) is 0 Å². The average molecular weight is 419 g/mol. The topological polar surface area (TPSA) is 49.7 Å². The van der Waals surface area contributed by atoms with Crippen molar-refractivity contribution in [3.8, 4) is 0 Å². The minimum Gasteiger partial charge on any atom is -0.393 e. The lowest BCUT2D eigenvalue weighted by Crippen LogP contribution is -2.51. The van der Waals surface area contributed by atoms with Crippen molar-refractivity contribution < 1.29 is 15.3 Å². The standard InChI is InChI=1S/C27H46O3/c1-17(2)6-11-25(30-29)18(3)22-9-10-23-21-8-7-19-16-20(28)12-14-26(19,4)24(21)13-15-27(22,23)5/h7,17-18,20-25,28-29H,6,8-16H2,1-5H3/t18-,20-,21-,22+,23-,24-,25?,26-,27+/m0/s1. The first-order chi connectivity index (χ1) is 14.2. The van der Waals surface area contributed by atoms with Crippen molar-refractivity contribution in [2.75, 3.05) is 0 Å². The molecular weight excluding hydrogens is 372 g/mol. The van der Waals surface area contributed by atoms with Crippen LogP contribution in [0.25, 0.3) is 0 Å². The number of hydrogen-bond donors (Lipinski definition) is 2. The summed E-state index contributed by atoms with van der Waals surface area (Å²) >= 11 is 0. The Labute approximate surface area is 184 Å². The van der Waals surface area contributed by atoms with E-state index in [-0.39, 0.29) is 12.2 Å². The van der Waals surface area contributed by atoms with E-state index in [1.807, 2.05) is 0 Å². The van der Waals surface area contributed by atoms with Gasteiger partial charge in [0, 0.05) is 0 Å². The van der Waals surface area contributed by atoms with E-state index in [1.165, 1.54) is 38.5 Å². The molecule has 3 fully saturated rings. The van der Waals surface area contributed by atoms with Crippen molar-refractivity contribution in [2.24, 2.45) is 46.3 Å². The zero-order valence-corrected chi connectivity index (χ0v) is 20.1. The summed E-state index contributed by atoms with van der Waals surface area (Å²) < 4.78 is 0. The molecule has 0 aromatic rings. The monoisotopic (exact) mass is 418 g/mol. The molecule has 3 saturated carbocycles. The third-order valence-electron chi connectivity index (χ3n) is 10.5. The van der Waals surface area contributed by atoms with E-state index in [0.717, 1.165) is 43.4 Å². The summed E-state index contributed by atoms with van der Waals surface area (Å²) in [7, 11) is 0. The van der Waals surface area contributed by atoms with Gasteiger partial charge in [-0.2, -0.15) is 0 Å². The van der Waals surface area contributed by atoms with Crippen molar-refractivity contribution in [3.05, 3.63) is 11.6 Å². The van der Waals surface area contributed by atoms with Gasteiger partial charge in [-0.25, -0.2) is 4.89 Å². The van der Waals surface area contributed by atoms with Gasteiger partial charge in [0.05, 0.1) is 12.2 Å². The molecule has 4 aliphatic carbocycles. The minimum atomic E-state index is -0.118. The Balaban J connectivity index is 1.52. The molecule has 0 saturated heterocycles. The van der Waals surface area contributed by atoms with Gasteiger partial charge < -0.3 is 5.11 Å². The Hall–Kier alpha value is -0.380. The Morgan fingerprint density at radius 2 is 1.80 bits per heavy atom. The normalized spacial score (nSPS) is 45.3. The highest BCUT2D eigenvalue weighted by Crippen LogP contribution is 2.67. The molecule has 0 spiro atoms. The molecule has 3 nitrogen and oxygen atoms in total. The number of aliphatic hydroxyl groups is 1. The molecule has 172 valence electrons. The van der Waals surface area contributed by atoms with Crippen LogP contribution >= 0.6 is 0 Å². The second kappa shape index (κ2) is 8.52. The summed E-state index contributed by atoms with van der Waals surface area (Å²) in [5.74, 6) is 4.11. The number of aliphatic hydroxyl groups excluding tert-OH is 1. The van der Waals surface area contributed by atoms with Crippen LogP contribution in [0.4, 0.5) is 0 Å². The van der Waals surface area contributed by atoms with Crippen LogP contribution in [0, 0.1) is 46.3 Å². The van der Waals surface area contributed by atoms with Crippen LogP contribution in [0.3, 0.4) is 0 Å². The SMILES string of the molecule is CC(C)CCC(OO)[C@@H](C)[C@H]1CC[C@H]2[C@@H]3CC=C4C[C@@H](O)CC[C@]4(C)[C@H]3CC[C@]12C. The van der Waals surface area contributed by atoms with Crippen molar-refractivity contribution in [3.63, 3.8) is 0 Å². The molecule has 9 atom stereocenters. The fourth-order valence-electron chi connectivity index (χ4n) is 8.71. The maximum Gasteiger partial charge on any atom is 0.0955 e. The van der Waals surface area contributed by atoms with E-state index in [2.05, 4.69) is 40.7 Å². The van der Waals surface area contributed by atoms with Gasteiger partial charge in [-0.3, -0.25) is 5.26 Å². The van der Waals surface area contributed by atoms with Crippen LogP contribution in [-0.2, 0) is 4.89 Å². The quantitative estimate of drug-likeness (QED) is 0.281. The minimum absolute atomic E-state index is 0.0269. The van der Waals surface area contributed by atoms with E-state index in [4.69, 9.17) is 4.89 Å². The van der Waals surface area contributed by atoms with E-state index in [1.54, 1.807) is 5.57 Å². The van der Waals surface area contributed by atoms with Crippen LogP contribution in [0.2, 0.25) is 0 Å². The molecule has 0 radical (unpaired) electrons. The molecule has 30 heavy (non-hydrogen) atoms. The molecule has 4 rings (SSSR count). The maximum atomic E-state index is 10.2. The van der Waals surface area contributed by atoms with Crippen LogP contribution in [0.15, 0.2) is 11.6 Å². The second-order valence-corrected chi connectivity index (χ2v) is 12.4. The Bertz CT molecular complexity index is 642. The Kier molecular flexibility index (Phi) is 6.48. The van der Waals surface area contributed by atoms with Crippen molar-refractivity contribution in [2.45, 2.75) is 111 Å². The molecule has 0 bridgehead atoms. The average Bonchev–Trinajstić information content (AvgIpc) is 3.05. The van der Waals surface area contributed by atoms with Gasteiger partial charge in [-0.1, -0.05) is 46.3 Å². The lowest BCUT2D eigenvalue weighted by atomic mass is 9.47. The van der Waals surface area contributed by atoms with Crippen molar-refractivity contribution in [1.82, 2.24) is 0 Å². The number of rotatable bonds is 6. The third-order valence-corrected chi connectivity index (χ3v) is 10.5. The maximum absolute atomic E-state index is 10.2. The van der Waals surface area contributed by atoms with Crippen LogP contribution < -0.4 is 0 Å². The predicted octanol–water partition coefficient (Wildman–Crippen LogP) is 6.86. The molecule has 0 aromatic carbocycles. The first-order valence-electron chi connectivity index (χ1n) is 12.9.